The number of non-ortho nitro benzene ring substituents is 1. The van der Waals surface area contributed by atoms with Crippen molar-refractivity contribution in [1.29, 1.82) is 0 Å². The summed E-state index contributed by atoms with van der Waals surface area (Å²) < 4.78 is 11.3. The van der Waals surface area contributed by atoms with Crippen LogP contribution < -0.4 is 5.32 Å². The normalized spacial score (nSPS) is 18.9. The minimum Gasteiger partial charge on any atom is -0.466 e. The molecular weight excluding hydrogens is 536 g/mol. The van der Waals surface area contributed by atoms with Gasteiger partial charge in [-0.2, -0.15) is 0 Å². The van der Waals surface area contributed by atoms with E-state index in [0.29, 0.717) is 40.7 Å². The van der Waals surface area contributed by atoms with Crippen molar-refractivity contribution in [3.63, 3.8) is 0 Å². The molecule has 1 aromatic heterocycles. The van der Waals surface area contributed by atoms with Crippen LogP contribution in [0, 0.1) is 15.5 Å². The number of rotatable bonds is 7. The molecule has 0 saturated carbocycles. The highest BCUT2D eigenvalue weighted by molar-refractivity contribution is 6.09. The zero-order valence-electron chi connectivity index (χ0n) is 24.6. The number of nitro benzene ring substituents is 1. The van der Waals surface area contributed by atoms with Gasteiger partial charge in [-0.25, -0.2) is 4.79 Å². The minimum atomic E-state index is -0.645. The molecule has 2 unspecified atom stereocenters. The second-order valence-corrected chi connectivity index (χ2v) is 12.0. The zero-order valence-corrected chi connectivity index (χ0v) is 24.6. The van der Waals surface area contributed by atoms with Gasteiger partial charge in [0, 0.05) is 52.4 Å². The number of methoxy groups -OCH3 is 1. The number of carbonyl (C=O) groups is 3. The number of Topliss-reactive ketones (excluding diaryl/α,β-unsaturated/α-hetero) is 1. The van der Waals surface area contributed by atoms with Crippen LogP contribution in [-0.2, 0) is 14.3 Å². The number of nitro groups is 1. The Labute approximate surface area is 243 Å². The third-order valence-electron chi connectivity index (χ3n) is 8.35. The maximum Gasteiger partial charge on any atom is 0.336 e. The van der Waals surface area contributed by atoms with Crippen LogP contribution in [0.1, 0.15) is 93.0 Å². The smallest absolute Gasteiger partial charge is 0.336 e. The van der Waals surface area contributed by atoms with Gasteiger partial charge in [0.05, 0.1) is 17.6 Å². The second-order valence-electron chi connectivity index (χ2n) is 12.0. The molecule has 0 spiro atoms. The number of furan rings is 1. The van der Waals surface area contributed by atoms with Gasteiger partial charge < -0.3 is 14.5 Å². The Morgan fingerprint density at radius 2 is 1.86 bits per heavy atom. The highest BCUT2D eigenvalue weighted by Crippen LogP contribution is 2.48. The maximum atomic E-state index is 13.7. The predicted octanol–water partition coefficient (Wildman–Crippen LogP) is 6.86. The number of carbonyl (C=O) groups excluding carboxylic acids is 3. The quantitative estimate of drug-likeness (QED) is 0.141. The first-order chi connectivity index (χ1) is 19.8. The molecule has 0 bridgehead atoms. The lowest BCUT2D eigenvalue weighted by molar-refractivity contribution is -0.384. The standard InChI is InChI=1S/C33H34N2O7/c1-7-17(2)23-13-20(12-21-14-26(42-31(21)23)30(37)19-8-10-22(11-9-19)35(39)40)28-27(32(38)41-6)18(3)34-24-15-33(4,5)16-25(36)29(24)28/h8-14,17,28,34H,7,15-16H2,1-6H3. The first-order valence-corrected chi connectivity index (χ1v) is 14.0. The lowest BCUT2D eigenvalue weighted by Crippen LogP contribution is -2.38. The lowest BCUT2D eigenvalue weighted by Gasteiger charge is -2.39. The molecule has 2 atom stereocenters. The van der Waals surface area contributed by atoms with Gasteiger partial charge in [0.2, 0.25) is 5.78 Å². The molecule has 5 rings (SSSR count). The molecule has 2 aromatic carbocycles. The van der Waals surface area contributed by atoms with Crippen LogP contribution in [0.4, 0.5) is 5.69 Å². The number of hydrogen-bond donors (Lipinski definition) is 1. The van der Waals surface area contributed by atoms with Crippen LogP contribution in [0.25, 0.3) is 11.0 Å². The van der Waals surface area contributed by atoms with Gasteiger partial charge in [-0.05, 0) is 66.5 Å². The van der Waals surface area contributed by atoms with Crippen molar-refractivity contribution in [2.45, 2.75) is 65.7 Å². The molecule has 2 heterocycles. The zero-order chi connectivity index (χ0) is 30.5. The summed E-state index contributed by atoms with van der Waals surface area (Å²) in [5, 5.41) is 15.0. The maximum absolute atomic E-state index is 13.7. The van der Waals surface area contributed by atoms with E-state index in [2.05, 4.69) is 33.0 Å². The number of hydrogen-bond acceptors (Lipinski definition) is 8. The van der Waals surface area contributed by atoms with Gasteiger partial charge in [0.25, 0.3) is 5.69 Å². The molecule has 9 nitrogen and oxygen atoms in total. The van der Waals surface area contributed by atoms with Gasteiger partial charge >= 0.3 is 5.97 Å². The third kappa shape index (κ3) is 5.04. The molecule has 42 heavy (non-hydrogen) atoms. The second kappa shape index (κ2) is 10.7. The van der Waals surface area contributed by atoms with Crippen LogP contribution >= 0.6 is 0 Å². The Bertz CT molecular complexity index is 1710. The van der Waals surface area contributed by atoms with Crippen molar-refractivity contribution in [1.82, 2.24) is 5.32 Å². The molecule has 218 valence electrons. The van der Waals surface area contributed by atoms with Gasteiger partial charge in [-0.1, -0.05) is 33.8 Å². The number of benzene rings is 2. The average Bonchev–Trinajstić information content (AvgIpc) is 3.38. The number of ketones is 2. The van der Waals surface area contributed by atoms with E-state index < -0.39 is 22.6 Å². The summed E-state index contributed by atoms with van der Waals surface area (Å²) in [6.45, 7) is 10.0. The molecule has 1 N–H and O–H groups in total. The number of esters is 1. The fraction of sp³-hybridized carbons (Fsp3) is 0.364. The number of dihydropyridines is 1. The van der Waals surface area contributed by atoms with Crippen LogP contribution in [0.15, 0.2) is 69.4 Å². The van der Waals surface area contributed by atoms with E-state index in [-0.39, 0.29) is 34.1 Å². The van der Waals surface area contributed by atoms with Gasteiger partial charge in [-0.15, -0.1) is 0 Å². The minimum absolute atomic E-state index is 0.0147. The summed E-state index contributed by atoms with van der Waals surface area (Å²) in [5.74, 6) is -1.43. The predicted molar refractivity (Wildman–Crippen MR) is 157 cm³/mol. The van der Waals surface area contributed by atoms with Crippen molar-refractivity contribution >= 4 is 34.2 Å². The van der Waals surface area contributed by atoms with Gasteiger partial charge in [0.15, 0.2) is 11.5 Å². The summed E-state index contributed by atoms with van der Waals surface area (Å²) >= 11 is 0. The van der Waals surface area contributed by atoms with E-state index in [1.54, 1.807) is 6.07 Å². The first kappa shape index (κ1) is 29.0. The average molecular weight is 571 g/mol. The van der Waals surface area contributed by atoms with E-state index in [9.17, 15) is 24.5 Å². The molecule has 0 saturated heterocycles. The fourth-order valence-corrected chi connectivity index (χ4v) is 6.10. The number of nitrogens with one attached hydrogen (secondary N) is 1. The molecule has 3 aromatic rings. The van der Waals surface area contributed by atoms with Gasteiger partial charge in [0.1, 0.15) is 5.58 Å². The summed E-state index contributed by atoms with van der Waals surface area (Å²) in [6.07, 6.45) is 1.81. The molecule has 0 amide bonds. The molecule has 2 aliphatic rings. The van der Waals surface area contributed by atoms with Crippen molar-refractivity contribution in [3.05, 3.63) is 97.6 Å². The van der Waals surface area contributed by atoms with Crippen LogP contribution in [0.3, 0.4) is 0 Å². The molecule has 0 fully saturated rings. The highest BCUT2D eigenvalue weighted by atomic mass is 16.6. The lowest BCUT2D eigenvalue weighted by atomic mass is 9.68. The first-order valence-electron chi connectivity index (χ1n) is 14.0. The summed E-state index contributed by atoms with van der Waals surface area (Å²) in [5.41, 5.74) is 4.50. The Morgan fingerprint density at radius 1 is 1.17 bits per heavy atom. The number of ether oxygens (including phenoxy) is 1. The largest absolute Gasteiger partial charge is 0.466 e. The highest BCUT2D eigenvalue weighted by Gasteiger charge is 2.43. The van der Waals surface area contributed by atoms with E-state index in [1.807, 2.05) is 19.1 Å². The number of nitrogens with zero attached hydrogens (tertiary/aromatic N) is 1. The van der Waals surface area contributed by atoms with E-state index >= 15 is 0 Å². The summed E-state index contributed by atoms with van der Waals surface area (Å²) in [6, 6.07) is 10.9. The van der Waals surface area contributed by atoms with Crippen LogP contribution in [0.5, 0.6) is 0 Å². The monoisotopic (exact) mass is 570 g/mol. The van der Waals surface area contributed by atoms with E-state index in [1.165, 1.54) is 31.4 Å². The Hall–Kier alpha value is -4.53. The van der Waals surface area contributed by atoms with E-state index in [0.717, 1.165) is 23.2 Å². The number of allylic oxidation sites excluding steroid dienone is 3. The van der Waals surface area contributed by atoms with Crippen molar-refractivity contribution in [3.8, 4) is 0 Å². The van der Waals surface area contributed by atoms with Crippen molar-refractivity contribution in [2.24, 2.45) is 5.41 Å². The Balaban J connectivity index is 1.69. The van der Waals surface area contributed by atoms with Gasteiger partial charge in [-0.3, -0.25) is 19.7 Å². The van der Waals surface area contributed by atoms with Crippen molar-refractivity contribution < 1.29 is 28.5 Å². The Kier molecular flexibility index (Phi) is 7.39. The summed E-state index contributed by atoms with van der Waals surface area (Å²) in [7, 11) is 1.33. The van der Waals surface area contributed by atoms with Crippen LogP contribution in [0.2, 0.25) is 0 Å². The molecule has 1 aliphatic carbocycles. The van der Waals surface area contributed by atoms with Crippen LogP contribution in [-0.4, -0.2) is 29.6 Å². The molecular formula is C33H34N2O7. The molecule has 9 heteroatoms. The SMILES string of the molecule is CCC(C)c1cc(C2C(C(=O)OC)=C(C)NC3=C2C(=O)CC(C)(C)C3)cc2cc(C(=O)c3ccc([N+](=O)[O-])cc3)oc12. The topological polar surface area (TPSA) is 129 Å². The number of fused-ring (bicyclic) bond motifs is 1. The molecule has 0 radical (unpaired) electrons. The third-order valence-corrected chi connectivity index (χ3v) is 8.35. The fourth-order valence-electron chi connectivity index (χ4n) is 6.10. The van der Waals surface area contributed by atoms with Crippen molar-refractivity contribution in [2.75, 3.05) is 7.11 Å². The Morgan fingerprint density at radius 3 is 2.48 bits per heavy atom. The van der Waals surface area contributed by atoms with E-state index in [4.69, 9.17) is 9.15 Å². The molecule has 1 aliphatic heterocycles. The summed E-state index contributed by atoms with van der Waals surface area (Å²) in [4.78, 5) is 50.7.